The molecule has 0 saturated heterocycles. The van der Waals surface area contributed by atoms with Crippen LogP contribution in [0.2, 0.25) is 0 Å². The fourth-order valence-corrected chi connectivity index (χ4v) is 1.87. The second-order valence-corrected chi connectivity index (χ2v) is 4.64. The summed E-state index contributed by atoms with van der Waals surface area (Å²) in [6, 6.07) is 9.99. The topological polar surface area (TPSA) is 77.5 Å². The van der Waals surface area contributed by atoms with Crippen molar-refractivity contribution in [3.05, 3.63) is 47.8 Å². The van der Waals surface area contributed by atoms with Gasteiger partial charge in [-0.3, -0.25) is 0 Å². The van der Waals surface area contributed by atoms with Gasteiger partial charge in [-0.25, -0.2) is 9.67 Å². The number of benzene rings is 1. The zero-order chi connectivity index (χ0) is 15.1. The Hall–Kier alpha value is -1.61. The standard InChI is InChI=1S/C15H21N5O.HI/c1-12-13(10-18-15(16)17-8-9-21-2)11-20(19-12)14-6-4-3-5-7-14;/h3-7,11H,8-10H2,1-2H3,(H3,16,17,18);1H. The number of methoxy groups -OCH3 is 1. The lowest BCUT2D eigenvalue weighted by atomic mass is 10.3. The number of aromatic nitrogens is 2. The van der Waals surface area contributed by atoms with E-state index < -0.39 is 0 Å². The summed E-state index contributed by atoms with van der Waals surface area (Å²) in [7, 11) is 1.65. The smallest absolute Gasteiger partial charge is 0.189 e. The van der Waals surface area contributed by atoms with Gasteiger partial charge in [0, 0.05) is 25.4 Å². The van der Waals surface area contributed by atoms with Gasteiger partial charge in [0.1, 0.15) is 0 Å². The molecule has 22 heavy (non-hydrogen) atoms. The fourth-order valence-electron chi connectivity index (χ4n) is 1.87. The highest BCUT2D eigenvalue weighted by atomic mass is 127. The average molecular weight is 415 g/mol. The minimum Gasteiger partial charge on any atom is -0.383 e. The van der Waals surface area contributed by atoms with Crippen molar-refractivity contribution in [2.24, 2.45) is 10.7 Å². The highest BCUT2D eigenvalue weighted by Gasteiger charge is 2.05. The number of ether oxygens (including phenoxy) is 1. The van der Waals surface area contributed by atoms with E-state index in [1.165, 1.54) is 0 Å². The quantitative estimate of drug-likeness (QED) is 0.327. The molecule has 0 aliphatic rings. The van der Waals surface area contributed by atoms with Crippen LogP contribution >= 0.6 is 24.0 Å². The SMILES string of the molecule is COCCNC(N)=NCc1cn(-c2ccccc2)nc1C.I. The van der Waals surface area contributed by atoms with Gasteiger partial charge in [0.2, 0.25) is 0 Å². The molecule has 0 spiro atoms. The molecule has 0 atom stereocenters. The van der Waals surface area contributed by atoms with Gasteiger partial charge < -0.3 is 15.8 Å². The lowest BCUT2D eigenvalue weighted by molar-refractivity contribution is 0.204. The third-order valence-electron chi connectivity index (χ3n) is 3.05. The molecule has 7 heteroatoms. The van der Waals surface area contributed by atoms with E-state index >= 15 is 0 Å². The third-order valence-corrected chi connectivity index (χ3v) is 3.05. The van der Waals surface area contributed by atoms with Crippen molar-refractivity contribution in [3.63, 3.8) is 0 Å². The molecule has 0 radical (unpaired) electrons. The van der Waals surface area contributed by atoms with E-state index in [9.17, 15) is 0 Å². The number of aliphatic imine (C=N–C) groups is 1. The zero-order valence-electron chi connectivity index (χ0n) is 12.8. The summed E-state index contributed by atoms with van der Waals surface area (Å²) in [6.45, 7) is 3.72. The molecule has 6 nitrogen and oxygen atoms in total. The van der Waals surface area contributed by atoms with Crippen molar-refractivity contribution in [3.8, 4) is 5.69 Å². The van der Waals surface area contributed by atoms with E-state index in [2.05, 4.69) is 15.4 Å². The van der Waals surface area contributed by atoms with Crippen LogP contribution in [0.25, 0.3) is 5.69 Å². The highest BCUT2D eigenvalue weighted by Crippen LogP contribution is 2.12. The molecule has 0 aliphatic heterocycles. The number of hydrogen-bond acceptors (Lipinski definition) is 3. The number of aryl methyl sites for hydroxylation is 1. The summed E-state index contributed by atoms with van der Waals surface area (Å²) in [5, 5.41) is 7.49. The summed E-state index contributed by atoms with van der Waals surface area (Å²) in [5.74, 6) is 0.416. The van der Waals surface area contributed by atoms with Crippen LogP contribution in [0.3, 0.4) is 0 Å². The number of guanidine groups is 1. The maximum Gasteiger partial charge on any atom is 0.189 e. The molecule has 0 aliphatic carbocycles. The van der Waals surface area contributed by atoms with E-state index in [1.54, 1.807) is 7.11 Å². The number of hydrogen-bond donors (Lipinski definition) is 2. The maximum absolute atomic E-state index is 5.79. The van der Waals surface area contributed by atoms with Gasteiger partial charge in [-0.2, -0.15) is 5.10 Å². The highest BCUT2D eigenvalue weighted by molar-refractivity contribution is 14.0. The van der Waals surface area contributed by atoms with Gasteiger partial charge in [-0.1, -0.05) is 18.2 Å². The Morgan fingerprint density at radius 2 is 2.09 bits per heavy atom. The molecule has 0 amide bonds. The molecule has 2 rings (SSSR count). The van der Waals surface area contributed by atoms with Gasteiger partial charge in [-0.05, 0) is 19.1 Å². The van der Waals surface area contributed by atoms with Crippen LogP contribution in [0.15, 0.2) is 41.5 Å². The van der Waals surface area contributed by atoms with Crippen LogP contribution in [0.1, 0.15) is 11.3 Å². The molecule has 120 valence electrons. The van der Waals surface area contributed by atoms with Gasteiger partial charge in [0.15, 0.2) is 5.96 Å². The Morgan fingerprint density at radius 1 is 1.36 bits per heavy atom. The number of rotatable bonds is 6. The molecular weight excluding hydrogens is 393 g/mol. The van der Waals surface area contributed by atoms with Crippen LogP contribution in [0, 0.1) is 6.92 Å². The Balaban J connectivity index is 0.00000242. The van der Waals surface area contributed by atoms with Gasteiger partial charge >= 0.3 is 0 Å². The summed E-state index contributed by atoms with van der Waals surface area (Å²) in [4.78, 5) is 4.31. The lowest BCUT2D eigenvalue weighted by Gasteiger charge is -2.04. The Morgan fingerprint density at radius 3 is 2.77 bits per heavy atom. The molecule has 1 heterocycles. The molecule has 0 unspecified atom stereocenters. The number of para-hydroxylation sites is 1. The lowest BCUT2D eigenvalue weighted by Crippen LogP contribution is -2.34. The van der Waals surface area contributed by atoms with Crippen molar-refractivity contribution >= 4 is 29.9 Å². The summed E-state index contributed by atoms with van der Waals surface area (Å²) >= 11 is 0. The van der Waals surface area contributed by atoms with Crippen LogP contribution < -0.4 is 11.1 Å². The summed E-state index contributed by atoms with van der Waals surface area (Å²) in [6.07, 6.45) is 1.98. The fraction of sp³-hybridized carbons (Fsp3) is 0.333. The largest absolute Gasteiger partial charge is 0.383 e. The Labute approximate surface area is 147 Å². The Kier molecular flexibility index (Phi) is 7.89. The number of nitrogens with two attached hydrogens (primary N) is 1. The first-order valence-electron chi connectivity index (χ1n) is 6.84. The van der Waals surface area contributed by atoms with Crippen molar-refractivity contribution in [2.75, 3.05) is 20.3 Å². The van der Waals surface area contributed by atoms with Crippen LogP contribution in [-0.2, 0) is 11.3 Å². The van der Waals surface area contributed by atoms with Crippen LogP contribution in [-0.4, -0.2) is 36.0 Å². The van der Waals surface area contributed by atoms with Crippen molar-refractivity contribution < 1.29 is 4.74 Å². The van der Waals surface area contributed by atoms with Gasteiger partial charge in [0.05, 0.1) is 24.5 Å². The first-order valence-corrected chi connectivity index (χ1v) is 6.84. The number of nitrogens with one attached hydrogen (secondary N) is 1. The predicted octanol–water partition coefficient (Wildman–Crippen LogP) is 1.85. The molecular formula is C15H22IN5O. The number of halogens is 1. The first kappa shape index (κ1) is 18.4. The second-order valence-electron chi connectivity index (χ2n) is 4.64. The van der Waals surface area contributed by atoms with E-state index in [0.29, 0.717) is 25.7 Å². The molecule has 3 N–H and O–H groups in total. The molecule has 1 aromatic carbocycles. The second kappa shape index (κ2) is 9.42. The van der Waals surface area contributed by atoms with Crippen LogP contribution in [0.5, 0.6) is 0 Å². The van der Waals surface area contributed by atoms with Crippen molar-refractivity contribution in [1.29, 1.82) is 0 Å². The van der Waals surface area contributed by atoms with E-state index in [1.807, 2.05) is 48.1 Å². The van der Waals surface area contributed by atoms with Gasteiger partial charge in [0.25, 0.3) is 0 Å². The minimum absolute atomic E-state index is 0. The third kappa shape index (κ3) is 5.30. The number of nitrogens with zero attached hydrogens (tertiary/aromatic N) is 3. The van der Waals surface area contributed by atoms with Crippen molar-refractivity contribution in [2.45, 2.75) is 13.5 Å². The molecule has 1 aromatic heterocycles. The first-order chi connectivity index (χ1) is 10.2. The normalized spacial score (nSPS) is 11.1. The van der Waals surface area contributed by atoms with E-state index in [4.69, 9.17) is 10.5 Å². The summed E-state index contributed by atoms with van der Waals surface area (Å²) < 4.78 is 6.80. The molecule has 0 bridgehead atoms. The summed E-state index contributed by atoms with van der Waals surface area (Å²) in [5.41, 5.74) is 8.82. The average Bonchev–Trinajstić information content (AvgIpc) is 2.87. The predicted molar refractivity (Wildman–Crippen MR) is 98.9 cm³/mol. The maximum atomic E-state index is 5.79. The van der Waals surface area contributed by atoms with Gasteiger partial charge in [-0.15, -0.1) is 24.0 Å². The van der Waals surface area contributed by atoms with E-state index in [-0.39, 0.29) is 24.0 Å². The molecule has 0 saturated carbocycles. The van der Waals surface area contributed by atoms with E-state index in [0.717, 1.165) is 16.9 Å². The monoisotopic (exact) mass is 415 g/mol. The Bertz CT molecular complexity index is 597. The van der Waals surface area contributed by atoms with Crippen molar-refractivity contribution in [1.82, 2.24) is 15.1 Å². The molecule has 0 fully saturated rings. The molecule has 2 aromatic rings. The zero-order valence-corrected chi connectivity index (χ0v) is 15.2. The minimum atomic E-state index is 0. The van der Waals surface area contributed by atoms with Crippen LogP contribution in [0.4, 0.5) is 0 Å².